The monoisotopic (exact) mass is 328 g/mol. The zero-order chi connectivity index (χ0) is 16.0. The summed E-state index contributed by atoms with van der Waals surface area (Å²) >= 11 is 6.07. The Labute approximate surface area is 137 Å². The third-order valence-electron chi connectivity index (χ3n) is 3.96. The Hall–Kier alpha value is -2.46. The normalized spacial score (nSPS) is 13.3. The molecule has 1 aliphatic heterocycles. The minimum Gasteiger partial charge on any atom is -0.486 e. The SMILES string of the molecule is Cc1c(-c2ccc3c(c2)OCCO3)c(=O)oc2ccc(Cl)cc12. The van der Waals surface area contributed by atoms with Crippen molar-refractivity contribution in [1.82, 2.24) is 0 Å². The lowest BCUT2D eigenvalue weighted by molar-refractivity contribution is 0.171. The molecule has 0 spiro atoms. The molecule has 2 aromatic carbocycles. The number of hydrogen-bond donors (Lipinski definition) is 0. The van der Waals surface area contributed by atoms with Crippen molar-refractivity contribution in [2.75, 3.05) is 13.2 Å². The molecule has 0 amide bonds. The molecule has 0 bridgehead atoms. The Bertz CT molecular complexity index is 975. The highest BCUT2D eigenvalue weighted by molar-refractivity contribution is 6.31. The highest BCUT2D eigenvalue weighted by Crippen LogP contribution is 2.36. The van der Waals surface area contributed by atoms with Crippen molar-refractivity contribution < 1.29 is 13.9 Å². The van der Waals surface area contributed by atoms with E-state index in [4.69, 9.17) is 25.5 Å². The summed E-state index contributed by atoms with van der Waals surface area (Å²) in [6.07, 6.45) is 0. The Balaban J connectivity index is 1.96. The molecule has 0 N–H and O–H groups in total. The van der Waals surface area contributed by atoms with E-state index in [0.29, 0.717) is 40.9 Å². The van der Waals surface area contributed by atoms with Crippen LogP contribution in [-0.2, 0) is 0 Å². The van der Waals surface area contributed by atoms with Gasteiger partial charge >= 0.3 is 5.63 Å². The summed E-state index contributed by atoms with van der Waals surface area (Å²) in [5.74, 6) is 1.32. The molecular weight excluding hydrogens is 316 g/mol. The Kier molecular flexibility index (Phi) is 3.27. The van der Waals surface area contributed by atoms with Gasteiger partial charge in [0.05, 0.1) is 5.56 Å². The highest BCUT2D eigenvalue weighted by Gasteiger charge is 2.17. The maximum absolute atomic E-state index is 12.4. The number of halogens is 1. The highest BCUT2D eigenvalue weighted by atomic mass is 35.5. The first kappa shape index (κ1) is 14.2. The van der Waals surface area contributed by atoms with Crippen LogP contribution >= 0.6 is 11.6 Å². The van der Waals surface area contributed by atoms with Gasteiger partial charge in [0.25, 0.3) is 0 Å². The van der Waals surface area contributed by atoms with E-state index >= 15 is 0 Å². The van der Waals surface area contributed by atoms with Crippen molar-refractivity contribution in [1.29, 1.82) is 0 Å². The van der Waals surface area contributed by atoms with Crippen molar-refractivity contribution in [3.05, 3.63) is 57.4 Å². The van der Waals surface area contributed by atoms with Crippen LogP contribution in [0.25, 0.3) is 22.1 Å². The number of fused-ring (bicyclic) bond motifs is 2. The molecule has 4 rings (SSSR count). The summed E-state index contributed by atoms with van der Waals surface area (Å²) in [4.78, 5) is 12.4. The lowest BCUT2D eigenvalue weighted by atomic mass is 9.99. The smallest absolute Gasteiger partial charge is 0.344 e. The first-order chi connectivity index (χ1) is 11.1. The van der Waals surface area contributed by atoms with Crippen molar-refractivity contribution in [3.63, 3.8) is 0 Å². The fourth-order valence-corrected chi connectivity index (χ4v) is 3.03. The predicted molar refractivity (Wildman–Crippen MR) is 88.7 cm³/mol. The maximum atomic E-state index is 12.4. The molecule has 0 atom stereocenters. The lowest BCUT2D eigenvalue weighted by Crippen LogP contribution is -2.15. The predicted octanol–water partition coefficient (Wildman–Crippen LogP) is 4.19. The van der Waals surface area contributed by atoms with Crippen LogP contribution < -0.4 is 15.1 Å². The number of aryl methyl sites for hydroxylation is 1. The minimum absolute atomic E-state index is 0.381. The van der Waals surface area contributed by atoms with E-state index in [-0.39, 0.29) is 5.63 Å². The van der Waals surface area contributed by atoms with Crippen LogP contribution in [0.2, 0.25) is 5.02 Å². The van der Waals surface area contributed by atoms with E-state index in [1.165, 1.54) is 0 Å². The van der Waals surface area contributed by atoms with Crippen molar-refractivity contribution in [2.24, 2.45) is 0 Å². The van der Waals surface area contributed by atoms with Crippen LogP contribution in [0.1, 0.15) is 5.56 Å². The van der Waals surface area contributed by atoms with E-state index in [0.717, 1.165) is 16.5 Å². The molecule has 0 radical (unpaired) electrons. The molecule has 116 valence electrons. The molecule has 0 saturated carbocycles. The Morgan fingerprint density at radius 2 is 1.78 bits per heavy atom. The summed E-state index contributed by atoms with van der Waals surface area (Å²) in [6, 6.07) is 10.7. The molecule has 4 nitrogen and oxygen atoms in total. The third kappa shape index (κ3) is 2.35. The average molecular weight is 329 g/mol. The van der Waals surface area contributed by atoms with Gasteiger partial charge in [-0.15, -0.1) is 0 Å². The Morgan fingerprint density at radius 3 is 2.61 bits per heavy atom. The standard InChI is InChI=1S/C18H13ClO4/c1-10-13-9-12(19)3-5-14(13)23-18(20)17(10)11-2-4-15-16(8-11)22-7-6-21-15/h2-5,8-9H,6-7H2,1H3. The molecule has 0 aliphatic carbocycles. The number of ether oxygens (including phenoxy) is 2. The van der Waals surface area contributed by atoms with Crippen LogP contribution in [0, 0.1) is 6.92 Å². The maximum Gasteiger partial charge on any atom is 0.344 e. The summed E-state index contributed by atoms with van der Waals surface area (Å²) in [5, 5.41) is 1.42. The van der Waals surface area contributed by atoms with E-state index in [1.807, 2.05) is 25.1 Å². The van der Waals surface area contributed by atoms with Gasteiger partial charge in [0.2, 0.25) is 0 Å². The van der Waals surface area contributed by atoms with Crippen LogP contribution in [0.5, 0.6) is 11.5 Å². The summed E-state index contributed by atoms with van der Waals surface area (Å²) in [5.41, 5.74) is 2.22. The van der Waals surface area contributed by atoms with Crippen molar-refractivity contribution >= 4 is 22.6 Å². The lowest BCUT2D eigenvalue weighted by Gasteiger charge is -2.19. The van der Waals surface area contributed by atoms with Crippen LogP contribution in [0.4, 0.5) is 0 Å². The van der Waals surface area contributed by atoms with Gasteiger partial charge in [0, 0.05) is 10.4 Å². The van der Waals surface area contributed by atoms with Gasteiger partial charge in [-0.05, 0) is 48.4 Å². The molecule has 0 unspecified atom stereocenters. The van der Waals surface area contributed by atoms with E-state index in [9.17, 15) is 4.79 Å². The van der Waals surface area contributed by atoms with Gasteiger partial charge in [0.1, 0.15) is 18.8 Å². The van der Waals surface area contributed by atoms with Gasteiger partial charge in [-0.2, -0.15) is 0 Å². The fourth-order valence-electron chi connectivity index (χ4n) is 2.86. The van der Waals surface area contributed by atoms with Gasteiger partial charge in [-0.3, -0.25) is 0 Å². The summed E-state index contributed by atoms with van der Waals surface area (Å²) in [7, 11) is 0. The first-order valence-electron chi connectivity index (χ1n) is 7.26. The molecule has 5 heteroatoms. The second kappa shape index (κ2) is 5.32. The van der Waals surface area contributed by atoms with Gasteiger partial charge in [0.15, 0.2) is 11.5 Å². The molecule has 0 saturated heterocycles. The molecule has 0 fully saturated rings. The molecule has 1 aromatic heterocycles. The second-order valence-corrected chi connectivity index (χ2v) is 5.82. The quantitative estimate of drug-likeness (QED) is 0.628. The summed E-state index contributed by atoms with van der Waals surface area (Å²) in [6.45, 7) is 2.92. The van der Waals surface area contributed by atoms with Gasteiger partial charge in [-0.25, -0.2) is 4.79 Å². The first-order valence-corrected chi connectivity index (χ1v) is 7.64. The van der Waals surface area contributed by atoms with Gasteiger partial charge in [-0.1, -0.05) is 17.7 Å². The molecule has 23 heavy (non-hydrogen) atoms. The topological polar surface area (TPSA) is 48.7 Å². The Morgan fingerprint density at radius 1 is 1.00 bits per heavy atom. The van der Waals surface area contributed by atoms with Crippen molar-refractivity contribution in [2.45, 2.75) is 6.92 Å². The zero-order valence-corrected chi connectivity index (χ0v) is 13.1. The van der Waals surface area contributed by atoms with Gasteiger partial charge < -0.3 is 13.9 Å². The van der Waals surface area contributed by atoms with E-state index < -0.39 is 0 Å². The van der Waals surface area contributed by atoms with Crippen LogP contribution in [-0.4, -0.2) is 13.2 Å². The number of rotatable bonds is 1. The van der Waals surface area contributed by atoms with E-state index in [1.54, 1.807) is 18.2 Å². The summed E-state index contributed by atoms with van der Waals surface area (Å²) < 4.78 is 16.6. The zero-order valence-electron chi connectivity index (χ0n) is 12.4. The van der Waals surface area contributed by atoms with E-state index in [2.05, 4.69) is 0 Å². The fraction of sp³-hybridized carbons (Fsp3) is 0.167. The minimum atomic E-state index is -0.381. The van der Waals surface area contributed by atoms with Crippen molar-refractivity contribution in [3.8, 4) is 22.6 Å². The molecule has 2 heterocycles. The van der Waals surface area contributed by atoms with Crippen LogP contribution in [0.3, 0.4) is 0 Å². The number of hydrogen-bond acceptors (Lipinski definition) is 4. The molecule has 1 aliphatic rings. The number of benzene rings is 2. The molecule has 3 aromatic rings. The average Bonchev–Trinajstić information content (AvgIpc) is 2.56. The second-order valence-electron chi connectivity index (χ2n) is 5.39. The third-order valence-corrected chi connectivity index (χ3v) is 4.19. The largest absolute Gasteiger partial charge is 0.486 e. The molecular formula is C18H13ClO4. The van der Waals surface area contributed by atoms with Crippen LogP contribution in [0.15, 0.2) is 45.6 Å².